The van der Waals surface area contributed by atoms with Gasteiger partial charge in [0.1, 0.15) is 6.04 Å². The van der Waals surface area contributed by atoms with E-state index in [4.69, 9.17) is 5.73 Å². The normalized spacial score (nSPS) is 22.8. The molecule has 1 aromatic rings. The SMILES string of the molecule is NC(=O)[C@@H]1C[C@@H](O)CN1c1ccccc1S(=O)(=O)C(F)(F)F. The number of halogens is 3. The van der Waals surface area contributed by atoms with Gasteiger partial charge < -0.3 is 15.7 Å². The summed E-state index contributed by atoms with van der Waals surface area (Å²) >= 11 is 0. The van der Waals surface area contributed by atoms with E-state index >= 15 is 0 Å². The van der Waals surface area contributed by atoms with E-state index in [1.807, 2.05) is 0 Å². The highest BCUT2D eigenvalue weighted by Crippen LogP contribution is 2.38. The molecule has 0 bridgehead atoms. The van der Waals surface area contributed by atoms with Crippen LogP contribution in [0.25, 0.3) is 0 Å². The van der Waals surface area contributed by atoms with Gasteiger partial charge in [-0.2, -0.15) is 13.2 Å². The van der Waals surface area contributed by atoms with Gasteiger partial charge in [0.2, 0.25) is 5.91 Å². The molecule has 22 heavy (non-hydrogen) atoms. The zero-order valence-corrected chi connectivity index (χ0v) is 11.9. The van der Waals surface area contributed by atoms with Crippen LogP contribution in [0.1, 0.15) is 6.42 Å². The summed E-state index contributed by atoms with van der Waals surface area (Å²) in [6, 6.07) is 3.37. The van der Waals surface area contributed by atoms with Gasteiger partial charge in [-0.1, -0.05) is 12.1 Å². The molecule has 122 valence electrons. The van der Waals surface area contributed by atoms with E-state index < -0.39 is 38.3 Å². The molecule has 2 rings (SSSR count). The number of aliphatic hydroxyl groups excluding tert-OH is 1. The first-order valence-corrected chi connectivity index (χ1v) is 7.68. The lowest BCUT2D eigenvalue weighted by Crippen LogP contribution is -2.41. The third-order valence-electron chi connectivity index (χ3n) is 3.38. The van der Waals surface area contributed by atoms with Crippen molar-refractivity contribution in [3.05, 3.63) is 24.3 Å². The number of anilines is 1. The van der Waals surface area contributed by atoms with Crippen LogP contribution in [0.2, 0.25) is 0 Å². The van der Waals surface area contributed by atoms with Gasteiger partial charge in [0.15, 0.2) is 0 Å². The van der Waals surface area contributed by atoms with Crippen molar-refractivity contribution in [2.45, 2.75) is 29.0 Å². The summed E-state index contributed by atoms with van der Waals surface area (Å²) in [5.74, 6) is -0.851. The number of β-amino-alcohol motifs (C(OH)–C–C–N with tert-alkyl or cyclic N) is 1. The first-order valence-electron chi connectivity index (χ1n) is 6.20. The van der Waals surface area contributed by atoms with Crippen molar-refractivity contribution >= 4 is 21.4 Å². The Morgan fingerprint density at radius 3 is 2.45 bits per heavy atom. The first-order chi connectivity index (χ1) is 10.1. The van der Waals surface area contributed by atoms with Crippen LogP contribution in [0.15, 0.2) is 29.2 Å². The van der Waals surface area contributed by atoms with Gasteiger partial charge in [-0.15, -0.1) is 0 Å². The van der Waals surface area contributed by atoms with Gasteiger partial charge in [-0.25, -0.2) is 8.42 Å². The molecule has 1 aliphatic rings. The van der Waals surface area contributed by atoms with Crippen molar-refractivity contribution in [1.29, 1.82) is 0 Å². The van der Waals surface area contributed by atoms with E-state index in [0.29, 0.717) is 0 Å². The molecule has 1 heterocycles. The summed E-state index contributed by atoms with van der Waals surface area (Å²) in [5.41, 5.74) is -0.605. The lowest BCUT2D eigenvalue weighted by Gasteiger charge is -2.26. The van der Waals surface area contributed by atoms with E-state index in [9.17, 15) is 31.5 Å². The molecule has 0 radical (unpaired) electrons. The van der Waals surface area contributed by atoms with Gasteiger partial charge in [0.25, 0.3) is 9.84 Å². The minimum atomic E-state index is -5.59. The van der Waals surface area contributed by atoms with Crippen molar-refractivity contribution in [3.8, 4) is 0 Å². The van der Waals surface area contributed by atoms with Gasteiger partial charge in [0.05, 0.1) is 16.7 Å². The van der Waals surface area contributed by atoms with Crippen molar-refractivity contribution in [3.63, 3.8) is 0 Å². The van der Waals surface area contributed by atoms with Gasteiger partial charge >= 0.3 is 5.51 Å². The van der Waals surface area contributed by atoms with Crippen LogP contribution < -0.4 is 10.6 Å². The Labute approximate surface area is 124 Å². The molecular formula is C12H13F3N2O4S. The summed E-state index contributed by atoms with van der Waals surface area (Å²) in [4.78, 5) is 11.5. The Morgan fingerprint density at radius 2 is 1.91 bits per heavy atom. The van der Waals surface area contributed by atoms with E-state index in [1.54, 1.807) is 0 Å². The molecule has 1 aliphatic heterocycles. The minimum absolute atomic E-state index is 0.0737. The molecule has 0 aliphatic carbocycles. The Morgan fingerprint density at radius 1 is 1.32 bits per heavy atom. The highest BCUT2D eigenvalue weighted by Gasteiger charge is 2.49. The van der Waals surface area contributed by atoms with Gasteiger partial charge in [-0.05, 0) is 12.1 Å². The second-order valence-corrected chi connectivity index (χ2v) is 6.79. The lowest BCUT2D eigenvalue weighted by molar-refractivity contribution is -0.119. The third-order valence-corrected chi connectivity index (χ3v) is 4.91. The molecule has 0 aromatic heterocycles. The van der Waals surface area contributed by atoms with E-state index in [0.717, 1.165) is 23.1 Å². The zero-order chi connectivity index (χ0) is 16.7. The number of hydrogen-bond acceptors (Lipinski definition) is 5. The summed E-state index contributed by atoms with van der Waals surface area (Å²) in [5, 5.41) is 9.61. The van der Waals surface area contributed by atoms with E-state index in [1.165, 1.54) is 6.07 Å². The number of alkyl halides is 3. The van der Waals surface area contributed by atoms with Crippen LogP contribution in [-0.2, 0) is 14.6 Å². The number of carbonyl (C=O) groups is 1. The topological polar surface area (TPSA) is 101 Å². The standard InChI is InChI=1S/C12H13F3N2O4S/c13-12(14,15)22(20,21)10-4-2-1-3-8(10)17-6-7(18)5-9(17)11(16)19/h1-4,7,9,18H,5-6H2,(H2,16,19)/t7-,9+/m1/s1. The van der Waals surface area contributed by atoms with E-state index in [2.05, 4.69) is 0 Å². The largest absolute Gasteiger partial charge is 0.501 e. The summed E-state index contributed by atoms with van der Waals surface area (Å²) < 4.78 is 61.6. The highest BCUT2D eigenvalue weighted by molar-refractivity contribution is 7.92. The second kappa shape index (κ2) is 5.43. The van der Waals surface area contributed by atoms with Crippen LogP contribution >= 0.6 is 0 Å². The fourth-order valence-corrected chi connectivity index (χ4v) is 3.36. The van der Waals surface area contributed by atoms with Crippen molar-refractivity contribution < 1.29 is 31.5 Å². The maximum Gasteiger partial charge on any atom is 0.501 e. The number of rotatable bonds is 3. The number of nitrogens with two attached hydrogens (primary N) is 1. The van der Waals surface area contributed by atoms with Crippen molar-refractivity contribution in [2.75, 3.05) is 11.4 Å². The average Bonchev–Trinajstić information content (AvgIpc) is 2.79. The molecule has 1 aromatic carbocycles. The first kappa shape index (κ1) is 16.6. The lowest BCUT2D eigenvalue weighted by atomic mass is 10.2. The molecule has 1 fully saturated rings. The van der Waals surface area contributed by atoms with Crippen molar-refractivity contribution in [1.82, 2.24) is 0 Å². The molecule has 10 heteroatoms. The quantitative estimate of drug-likeness (QED) is 0.831. The maximum absolute atomic E-state index is 12.8. The number of amides is 1. The molecule has 1 saturated heterocycles. The number of sulfone groups is 1. The van der Waals surface area contributed by atoms with Crippen LogP contribution in [0.5, 0.6) is 0 Å². The fourth-order valence-electron chi connectivity index (χ4n) is 2.40. The summed E-state index contributed by atoms with van der Waals surface area (Å²) in [6.45, 7) is -0.183. The van der Waals surface area contributed by atoms with Crippen LogP contribution in [0, 0.1) is 0 Å². The number of para-hydroxylation sites is 1. The predicted octanol–water partition coefficient (Wildman–Crippen LogP) is 0.405. The number of benzene rings is 1. The Kier molecular flexibility index (Phi) is 4.09. The third kappa shape index (κ3) is 2.75. The minimum Gasteiger partial charge on any atom is -0.391 e. The Hall–Kier alpha value is -1.81. The molecular weight excluding hydrogens is 325 g/mol. The van der Waals surface area contributed by atoms with Crippen LogP contribution in [0.3, 0.4) is 0 Å². The molecule has 0 unspecified atom stereocenters. The smallest absolute Gasteiger partial charge is 0.391 e. The molecule has 0 spiro atoms. The van der Waals surface area contributed by atoms with E-state index in [-0.39, 0.29) is 18.7 Å². The van der Waals surface area contributed by atoms with Crippen LogP contribution in [0.4, 0.5) is 18.9 Å². The molecule has 6 nitrogen and oxygen atoms in total. The average molecular weight is 338 g/mol. The molecule has 1 amide bonds. The highest BCUT2D eigenvalue weighted by atomic mass is 32.2. The Balaban J connectivity index is 2.57. The monoisotopic (exact) mass is 338 g/mol. The Bertz CT molecular complexity index is 690. The number of primary amides is 1. The van der Waals surface area contributed by atoms with Gasteiger partial charge in [0, 0.05) is 13.0 Å². The maximum atomic E-state index is 12.8. The molecule has 0 saturated carbocycles. The summed E-state index contributed by atoms with van der Waals surface area (Å²) in [6.07, 6.45) is -1.06. The summed E-state index contributed by atoms with van der Waals surface area (Å²) in [7, 11) is -5.59. The number of hydrogen-bond donors (Lipinski definition) is 2. The number of aliphatic hydroxyl groups is 1. The predicted molar refractivity (Wildman–Crippen MR) is 70.6 cm³/mol. The number of nitrogens with zero attached hydrogens (tertiary/aromatic N) is 1. The number of carbonyl (C=O) groups excluding carboxylic acids is 1. The van der Waals surface area contributed by atoms with Crippen LogP contribution in [-0.4, -0.2) is 43.6 Å². The van der Waals surface area contributed by atoms with Crippen molar-refractivity contribution in [2.24, 2.45) is 5.73 Å². The van der Waals surface area contributed by atoms with Gasteiger partial charge in [-0.3, -0.25) is 4.79 Å². The zero-order valence-electron chi connectivity index (χ0n) is 11.1. The molecule has 2 atom stereocenters. The fraction of sp³-hybridized carbons (Fsp3) is 0.417. The second-order valence-electron chi connectivity index (χ2n) is 4.88. The molecule has 3 N–H and O–H groups in total.